The van der Waals surface area contributed by atoms with Crippen LogP contribution in [0.5, 0.6) is 0 Å². The minimum absolute atomic E-state index is 0.374. The van der Waals surface area contributed by atoms with Crippen molar-refractivity contribution in [3.63, 3.8) is 0 Å². The molecule has 1 fully saturated rings. The number of rotatable bonds is 8. The second kappa shape index (κ2) is 10.7. The summed E-state index contributed by atoms with van der Waals surface area (Å²) in [6, 6.07) is 15.2. The summed E-state index contributed by atoms with van der Waals surface area (Å²) in [6.45, 7) is 3.96. The Morgan fingerprint density at radius 3 is 2.61 bits per heavy atom. The zero-order chi connectivity index (χ0) is 24.9. The number of hydrogen-bond acceptors (Lipinski definition) is 9. The molecule has 1 aliphatic rings. The van der Waals surface area contributed by atoms with Crippen LogP contribution in [0.15, 0.2) is 54.7 Å². The molecule has 1 N–H and O–H groups in total. The van der Waals surface area contributed by atoms with Gasteiger partial charge in [-0.2, -0.15) is 10.1 Å². The predicted molar refractivity (Wildman–Crippen MR) is 137 cm³/mol. The van der Waals surface area contributed by atoms with E-state index in [0.29, 0.717) is 43.7 Å². The largest absolute Gasteiger partial charge is 0.465 e. The van der Waals surface area contributed by atoms with E-state index in [0.717, 1.165) is 40.9 Å². The van der Waals surface area contributed by atoms with E-state index in [1.54, 1.807) is 19.2 Å². The van der Waals surface area contributed by atoms with Crippen LogP contribution in [0.3, 0.4) is 0 Å². The van der Waals surface area contributed by atoms with Crippen molar-refractivity contribution in [3.05, 3.63) is 60.3 Å². The van der Waals surface area contributed by atoms with Crippen LogP contribution < -0.4 is 10.2 Å². The SMILES string of the molecule is COCCn1ncc2ccc(-c3cc(Nc4ccc(C(=O)OC)cc4)nc(N4CCOCC4)n3)cc21. The van der Waals surface area contributed by atoms with Crippen molar-refractivity contribution in [2.24, 2.45) is 0 Å². The number of nitrogens with one attached hydrogen (secondary N) is 1. The molecule has 1 aliphatic heterocycles. The fourth-order valence-corrected chi connectivity index (χ4v) is 4.09. The van der Waals surface area contributed by atoms with Crippen molar-refractivity contribution in [1.82, 2.24) is 19.7 Å². The second-order valence-electron chi connectivity index (χ2n) is 8.37. The fourth-order valence-electron chi connectivity index (χ4n) is 4.09. The third-order valence-corrected chi connectivity index (χ3v) is 6.03. The molecule has 10 nitrogen and oxygen atoms in total. The van der Waals surface area contributed by atoms with Gasteiger partial charge in [-0.3, -0.25) is 4.68 Å². The fraction of sp³-hybridized carbons (Fsp3) is 0.308. The molecule has 0 amide bonds. The average molecular weight is 489 g/mol. The highest BCUT2D eigenvalue weighted by molar-refractivity contribution is 5.90. The van der Waals surface area contributed by atoms with Crippen molar-refractivity contribution in [1.29, 1.82) is 0 Å². The summed E-state index contributed by atoms with van der Waals surface area (Å²) >= 11 is 0. The Balaban J connectivity index is 1.50. The molecule has 0 unspecified atom stereocenters. The average Bonchev–Trinajstić information content (AvgIpc) is 3.34. The van der Waals surface area contributed by atoms with Crippen molar-refractivity contribution < 1.29 is 19.0 Å². The number of hydrogen-bond donors (Lipinski definition) is 1. The third-order valence-electron chi connectivity index (χ3n) is 6.03. The lowest BCUT2D eigenvalue weighted by molar-refractivity contribution is 0.0600. The van der Waals surface area contributed by atoms with E-state index in [4.69, 9.17) is 24.2 Å². The van der Waals surface area contributed by atoms with E-state index in [9.17, 15) is 4.79 Å². The Morgan fingerprint density at radius 2 is 1.86 bits per heavy atom. The lowest BCUT2D eigenvalue weighted by Gasteiger charge is -2.27. The molecule has 0 radical (unpaired) electrons. The number of carbonyl (C=O) groups excluding carboxylic acids is 1. The molecule has 0 spiro atoms. The molecule has 1 saturated heterocycles. The van der Waals surface area contributed by atoms with Gasteiger partial charge in [0.15, 0.2) is 0 Å². The third kappa shape index (κ3) is 5.14. The maximum Gasteiger partial charge on any atom is 0.337 e. The van der Waals surface area contributed by atoms with Gasteiger partial charge in [-0.05, 0) is 30.3 Å². The normalized spacial score (nSPS) is 13.7. The first-order valence-electron chi connectivity index (χ1n) is 11.8. The second-order valence-corrected chi connectivity index (χ2v) is 8.37. The summed E-state index contributed by atoms with van der Waals surface area (Å²) in [5, 5.41) is 8.90. The predicted octanol–water partition coefficient (Wildman–Crippen LogP) is 3.51. The van der Waals surface area contributed by atoms with Gasteiger partial charge in [0, 0.05) is 42.9 Å². The Morgan fingerprint density at radius 1 is 1.06 bits per heavy atom. The summed E-state index contributed by atoms with van der Waals surface area (Å²) in [7, 11) is 3.05. The Kier molecular flexibility index (Phi) is 7.06. The lowest BCUT2D eigenvalue weighted by atomic mass is 10.1. The number of nitrogens with zero attached hydrogens (tertiary/aromatic N) is 5. The highest BCUT2D eigenvalue weighted by Crippen LogP contribution is 2.28. The minimum Gasteiger partial charge on any atom is -0.465 e. The number of methoxy groups -OCH3 is 2. The van der Waals surface area contributed by atoms with Gasteiger partial charge in [0.2, 0.25) is 5.95 Å². The van der Waals surface area contributed by atoms with Crippen LogP contribution in [-0.2, 0) is 20.8 Å². The molecule has 4 aromatic rings. The molecule has 3 heterocycles. The van der Waals surface area contributed by atoms with Crippen molar-refractivity contribution in [2.45, 2.75) is 6.54 Å². The lowest BCUT2D eigenvalue weighted by Crippen LogP contribution is -2.37. The summed E-state index contributed by atoms with van der Waals surface area (Å²) in [4.78, 5) is 23.6. The van der Waals surface area contributed by atoms with Crippen molar-refractivity contribution in [3.8, 4) is 11.3 Å². The molecule has 0 aliphatic carbocycles. The molecule has 10 heteroatoms. The number of aromatic nitrogens is 4. The Bertz CT molecular complexity index is 1350. The number of ether oxygens (including phenoxy) is 3. The Hall–Kier alpha value is -4.02. The minimum atomic E-state index is -0.374. The first-order chi connectivity index (χ1) is 17.6. The summed E-state index contributed by atoms with van der Waals surface area (Å²) in [6.07, 6.45) is 1.86. The maximum atomic E-state index is 11.8. The number of benzene rings is 2. The smallest absolute Gasteiger partial charge is 0.337 e. The van der Waals surface area contributed by atoms with Crippen LogP contribution in [0.25, 0.3) is 22.2 Å². The monoisotopic (exact) mass is 488 g/mol. The molecule has 36 heavy (non-hydrogen) atoms. The molecular weight excluding hydrogens is 460 g/mol. The van der Waals surface area contributed by atoms with E-state index < -0.39 is 0 Å². The molecule has 2 aromatic carbocycles. The number of morpholine rings is 1. The summed E-state index contributed by atoms with van der Waals surface area (Å²) < 4.78 is 17.5. The van der Waals surface area contributed by atoms with Crippen LogP contribution in [0, 0.1) is 0 Å². The van der Waals surface area contributed by atoms with Gasteiger partial charge in [-0.15, -0.1) is 0 Å². The van der Waals surface area contributed by atoms with E-state index in [1.165, 1.54) is 7.11 Å². The van der Waals surface area contributed by atoms with Gasteiger partial charge in [-0.25, -0.2) is 9.78 Å². The number of esters is 1. The highest BCUT2D eigenvalue weighted by atomic mass is 16.5. The molecule has 0 saturated carbocycles. The Labute approximate surface area is 208 Å². The van der Waals surface area contributed by atoms with Gasteiger partial charge in [-0.1, -0.05) is 12.1 Å². The van der Waals surface area contributed by atoms with Crippen LogP contribution in [0.4, 0.5) is 17.5 Å². The highest BCUT2D eigenvalue weighted by Gasteiger charge is 2.17. The molecule has 2 aromatic heterocycles. The van der Waals surface area contributed by atoms with Gasteiger partial charge < -0.3 is 24.4 Å². The van der Waals surface area contributed by atoms with Crippen LogP contribution in [0.1, 0.15) is 10.4 Å². The van der Waals surface area contributed by atoms with E-state index in [2.05, 4.69) is 27.4 Å². The van der Waals surface area contributed by atoms with Crippen molar-refractivity contribution in [2.75, 3.05) is 57.3 Å². The molecular formula is C26H28N6O4. The number of carbonyl (C=O) groups is 1. The van der Waals surface area contributed by atoms with Gasteiger partial charge in [0.05, 0.1) is 56.4 Å². The number of fused-ring (bicyclic) bond motifs is 1. The molecule has 186 valence electrons. The van der Waals surface area contributed by atoms with Crippen molar-refractivity contribution >= 4 is 34.3 Å². The molecule has 0 bridgehead atoms. The standard InChI is InChI=1S/C26H28N6O4/c1-34-12-11-32-23-15-19(3-4-20(23)17-27-32)22-16-24(30-26(29-22)31-9-13-36-14-10-31)28-21-7-5-18(6-8-21)25(33)35-2/h3-8,15-17H,9-14H2,1-2H3,(H,28,29,30). The summed E-state index contributed by atoms with van der Waals surface area (Å²) in [5.74, 6) is 0.915. The topological polar surface area (TPSA) is 104 Å². The number of anilines is 3. The van der Waals surface area contributed by atoms with E-state index in [1.807, 2.05) is 35.1 Å². The molecule has 0 atom stereocenters. The zero-order valence-corrected chi connectivity index (χ0v) is 20.3. The van der Waals surface area contributed by atoms with Crippen LogP contribution in [0.2, 0.25) is 0 Å². The van der Waals surface area contributed by atoms with Gasteiger partial charge in [0.1, 0.15) is 5.82 Å². The molecule has 5 rings (SSSR count). The van der Waals surface area contributed by atoms with Gasteiger partial charge in [0.25, 0.3) is 0 Å². The van der Waals surface area contributed by atoms with E-state index in [-0.39, 0.29) is 5.97 Å². The van der Waals surface area contributed by atoms with Crippen LogP contribution in [-0.4, -0.2) is 72.8 Å². The quantitative estimate of drug-likeness (QED) is 0.373. The van der Waals surface area contributed by atoms with Gasteiger partial charge >= 0.3 is 5.97 Å². The van der Waals surface area contributed by atoms with E-state index >= 15 is 0 Å². The first kappa shape index (κ1) is 23.7. The zero-order valence-electron chi connectivity index (χ0n) is 20.3. The maximum absolute atomic E-state index is 11.8. The summed E-state index contributed by atoms with van der Waals surface area (Å²) in [5.41, 5.74) is 4.06. The first-order valence-corrected chi connectivity index (χ1v) is 11.8. The van der Waals surface area contributed by atoms with Crippen LogP contribution >= 0.6 is 0 Å².